The molecule has 1 aromatic heterocycles. The number of nitrogens with one attached hydrogen (secondary N) is 2. The lowest BCUT2D eigenvalue weighted by Gasteiger charge is -2.24. The molecule has 0 saturated heterocycles. The van der Waals surface area contributed by atoms with Crippen LogP contribution < -0.4 is 10.6 Å². The van der Waals surface area contributed by atoms with E-state index < -0.39 is 0 Å². The molecule has 0 saturated carbocycles. The summed E-state index contributed by atoms with van der Waals surface area (Å²) in [5.41, 5.74) is -0.142. The van der Waals surface area contributed by atoms with Crippen LogP contribution in [0.5, 0.6) is 0 Å². The predicted octanol–water partition coefficient (Wildman–Crippen LogP) is 3.57. The van der Waals surface area contributed by atoms with E-state index in [9.17, 15) is 5.11 Å². The first-order chi connectivity index (χ1) is 10.4. The number of aliphatic hydroxyl groups excluding tert-OH is 1. The predicted molar refractivity (Wildman–Crippen MR) is 112 cm³/mol. The summed E-state index contributed by atoms with van der Waals surface area (Å²) in [6.07, 6.45) is 1.91. The Balaban J connectivity index is 0.00000484. The van der Waals surface area contributed by atoms with Crippen molar-refractivity contribution in [3.05, 3.63) is 21.9 Å². The number of hydrogen-bond acceptors (Lipinski definition) is 3. The second-order valence-corrected chi connectivity index (χ2v) is 7.65. The summed E-state index contributed by atoms with van der Waals surface area (Å²) in [7, 11) is 0. The SMILES string of the molecule is CCNC(=NCC(C)(CC)CO)NC(C)Cc1ccc(C)s1.I. The number of thiophene rings is 1. The van der Waals surface area contributed by atoms with Gasteiger partial charge in [-0.15, -0.1) is 35.3 Å². The van der Waals surface area contributed by atoms with Crippen molar-refractivity contribution in [2.75, 3.05) is 19.7 Å². The number of hydrogen-bond donors (Lipinski definition) is 3. The van der Waals surface area contributed by atoms with Crippen LogP contribution in [0.15, 0.2) is 17.1 Å². The van der Waals surface area contributed by atoms with Crippen LogP contribution in [-0.4, -0.2) is 36.8 Å². The van der Waals surface area contributed by atoms with Crippen molar-refractivity contribution in [1.29, 1.82) is 0 Å². The lowest BCUT2D eigenvalue weighted by Crippen LogP contribution is -2.43. The van der Waals surface area contributed by atoms with Gasteiger partial charge in [0.15, 0.2) is 5.96 Å². The van der Waals surface area contributed by atoms with E-state index in [-0.39, 0.29) is 36.0 Å². The van der Waals surface area contributed by atoms with E-state index in [0.717, 1.165) is 25.3 Å². The molecule has 0 aliphatic heterocycles. The lowest BCUT2D eigenvalue weighted by atomic mass is 9.89. The Labute approximate surface area is 162 Å². The highest BCUT2D eigenvalue weighted by Gasteiger charge is 2.20. The Bertz CT molecular complexity index is 472. The van der Waals surface area contributed by atoms with E-state index in [1.807, 2.05) is 11.3 Å². The molecule has 0 bridgehead atoms. The van der Waals surface area contributed by atoms with Crippen LogP contribution >= 0.6 is 35.3 Å². The van der Waals surface area contributed by atoms with Gasteiger partial charge in [0.2, 0.25) is 0 Å². The van der Waals surface area contributed by atoms with Gasteiger partial charge < -0.3 is 15.7 Å². The highest BCUT2D eigenvalue weighted by molar-refractivity contribution is 14.0. The Kier molecular flexibility index (Phi) is 11.1. The van der Waals surface area contributed by atoms with Crippen LogP contribution in [0.25, 0.3) is 0 Å². The van der Waals surface area contributed by atoms with Gasteiger partial charge in [0.1, 0.15) is 0 Å². The fourth-order valence-electron chi connectivity index (χ4n) is 2.04. The van der Waals surface area contributed by atoms with Crippen molar-refractivity contribution in [2.24, 2.45) is 10.4 Å². The molecule has 1 aromatic rings. The molecule has 2 atom stereocenters. The van der Waals surface area contributed by atoms with Crippen LogP contribution in [0.2, 0.25) is 0 Å². The first-order valence-corrected chi connectivity index (χ1v) is 8.95. The molecule has 3 N–H and O–H groups in total. The molecule has 0 aromatic carbocycles. The van der Waals surface area contributed by atoms with Gasteiger partial charge in [-0.1, -0.05) is 13.8 Å². The van der Waals surface area contributed by atoms with Crippen LogP contribution in [0, 0.1) is 12.3 Å². The number of aryl methyl sites for hydroxylation is 1. The van der Waals surface area contributed by atoms with Crippen molar-refractivity contribution >= 4 is 41.3 Å². The molecule has 2 unspecified atom stereocenters. The van der Waals surface area contributed by atoms with Crippen LogP contribution in [0.3, 0.4) is 0 Å². The summed E-state index contributed by atoms with van der Waals surface area (Å²) in [4.78, 5) is 7.39. The van der Waals surface area contributed by atoms with Gasteiger partial charge in [0, 0.05) is 34.2 Å². The topological polar surface area (TPSA) is 56.7 Å². The first-order valence-electron chi connectivity index (χ1n) is 8.13. The molecule has 1 heterocycles. The number of halogens is 1. The molecule has 0 aliphatic carbocycles. The molecule has 1 rings (SSSR count). The minimum atomic E-state index is -0.142. The van der Waals surface area contributed by atoms with Gasteiger partial charge in [0.05, 0.1) is 13.2 Å². The van der Waals surface area contributed by atoms with Crippen LogP contribution in [0.1, 0.15) is 43.9 Å². The zero-order valence-corrected chi connectivity index (χ0v) is 18.1. The molecule has 0 radical (unpaired) electrons. The standard InChI is InChI=1S/C17H31N3OS.HI/c1-6-17(5,12-21)11-19-16(18-7-2)20-13(3)10-15-9-8-14(4)22-15;/h8-9,13,21H,6-7,10-12H2,1-5H3,(H2,18,19,20);1H. The Morgan fingerprint density at radius 3 is 2.57 bits per heavy atom. The molecule has 23 heavy (non-hydrogen) atoms. The molecular weight excluding hydrogens is 421 g/mol. The van der Waals surface area contributed by atoms with Crippen molar-refractivity contribution in [2.45, 2.75) is 53.5 Å². The minimum Gasteiger partial charge on any atom is -0.396 e. The summed E-state index contributed by atoms with van der Waals surface area (Å²) < 4.78 is 0. The fourth-order valence-corrected chi connectivity index (χ4v) is 3.06. The number of aliphatic imine (C=N–C) groups is 1. The van der Waals surface area contributed by atoms with E-state index in [1.165, 1.54) is 9.75 Å². The van der Waals surface area contributed by atoms with Crippen molar-refractivity contribution in [3.8, 4) is 0 Å². The molecule has 6 heteroatoms. The van der Waals surface area contributed by atoms with E-state index in [2.05, 4.69) is 62.4 Å². The highest BCUT2D eigenvalue weighted by Crippen LogP contribution is 2.20. The van der Waals surface area contributed by atoms with Gasteiger partial charge in [-0.2, -0.15) is 0 Å². The molecule has 0 fully saturated rings. The van der Waals surface area contributed by atoms with Gasteiger partial charge in [0.25, 0.3) is 0 Å². The van der Waals surface area contributed by atoms with E-state index >= 15 is 0 Å². The molecule has 0 amide bonds. The summed E-state index contributed by atoms with van der Waals surface area (Å²) in [5.74, 6) is 0.830. The zero-order chi connectivity index (χ0) is 16.6. The highest BCUT2D eigenvalue weighted by atomic mass is 127. The van der Waals surface area contributed by atoms with Crippen molar-refractivity contribution in [3.63, 3.8) is 0 Å². The maximum Gasteiger partial charge on any atom is 0.191 e. The number of guanidine groups is 1. The molecular formula is C17H32IN3OS. The first kappa shape index (κ1) is 22.7. The Morgan fingerprint density at radius 1 is 1.39 bits per heavy atom. The zero-order valence-electron chi connectivity index (χ0n) is 15.0. The lowest BCUT2D eigenvalue weighted by molar-refractivity contribution is 0.145. The molecule has 0 spiro atoms. The third-order valence-corrected chi connectivity index (χ3v) is 4.91. The van der Waals surface area contributed by atoms with Gasteiger partial charge in [-0.3, -0.25) is 4.99 Å². The summed E-state index contributed by atoms with van der Waals surface area (Å²) in [5, 5.41) is 16.2. The maximum absolute atomic E-state index is 9.50. The summed E-state index contributed by atoms with van der Waals surface area (Å²) >= 11 is 1.85. The summed E-state index contributed by atoms with van der Waals surface area (Å²) in [6.45, 7) is 12.2. The van der Waals surface area contributed by atoms with Crippen LogP contribution in [-0.2, 0) is 6.42 Å². The third-order valence-electron chi connectivity index (χ3n) is 3.88. The number of rotatable bonds is 8. The average molecular weight is 453 g/mol. The van der Waals surface area contributed by atoms with Gasteiger partial charge in [-0.25, -0.2) is 0 Å². The van der Waals surface area contributed by atoms with Crippen molar-refractivity contribution < 1.29 is 5.11 Å². The van der Waals surface area contributed by atoms with Gasteiger partial charge >= 0.3 is 0 Å². The second-order valence-electron chi connectivity index (χ2n) is 6.28. The van der Waals surface area contributed by atoms with Crippen LogP contribution in [0.4, 0.5) is 0 Å². The largest absolute Gasteiger partial charge is 0.396 e. The number of aliphatic hydroxyl groups is 1. The van der Waals surface area contributed by atoms with Gasteiger partial charge in [-0.05, 0) is 39.3 Å². The molecule has 134 valence electrons. The summed E-state index contributed by atoms with van der Waals surface area (Å²) in [6, 6.07) is 4.68. The number of nitrogens with zero attached hydrogens (tertiary/aromatic N) is 1. The fraction of sp³-hybridized carbons (Fsp3) is 0.706. The maximum atomic E-state index is 9.50. The molecule has 4 nitrogen and oxygen atoms in total. The second kappa shape index (κ2) is 11.3. The monoisotopic (exact) mass is 453 g/mol. The molecule has 0 aliphatic rings. The normalized spacial score (nSPS) is 15.5. The Hall–Kier alpha value is -0.340. The van der Waals surface area contributed by atoms with E-state index in [4.69, 9.17) is 0 Å². The van der Waals surface area contributed by atoms with E-state index in [1.54, 1.807) is 0 Å². The van der Waals surface area contributed by atoms with E-state index in [0.29, 0.717) is 12.6 Å². The van der Waals surface area contributed by atoms with Crippen molar-refractivity contribution in [1.82, 2.24) is 10.6 Å². The third kappa shape index (κ3) is 8.35. The smallest absolute Gasteiger partial charge is 0.191 e. The Morgan fingerprint density at radius 2 is 2.09 bits per heavy atom. The quantitative estimate of drug-likeness (QED) is 0.321. The minimum absolute atomic E-state index is 0. The average Bonchev–Trinajstić information content (AvgIpc) is 2.89.